The summed E-state index contributed by atoms with van der Waals surface area (Å²) in [7, 11) is 1.09. The largest absolute Gasteiger partial charge is 0.491 e. The molecule has 1 N–H and O–H groups in total. The molecule has 2 atom stereocenters. The van der Waals surface area contributed by atoms with Crippen molar-refractivity contribution in [3.05, 3.63) is 23.8 Å². The first-order valence-corrected chi connectivity index (χ1v) is 8.62. The van der Waals surface area contributed by atoms with Gasteiger partial charge in [-0.3, -0.25) is 14.4 Å². The van der Waals surface area contributed by atoms with Gasteiger partial charge in [-0.1, -0.05) is 0 Å². The van der Waals surface area contributed by atoms with Crippen LogP contribution in [0.25, 0.3) is 0 Å². The van der Waals surface area contributed by atoms with Gasteiger partial charge in [0.2, 0.25) is 5.92 Å². The first kappa shape index (κ1) is 21.2. The fraction of sp³-hybridized carbons (Fsp3) is 0.474. The zero-order valence-electron chi connectivity index (χ0n) is 16.4. The zero-order valence-corrected chi connectivity index (χ0v) is 16.4. The Balaban J connectivity index is 2.00. The highest BCUT2D eigenvalue weighted by molar-refractivity contribution is 6.24. The van der Waals surface area contributed by atoms with Crippen LogP contribution in [0.2, 0.25) is 0 Å². The molecule has 1 aliphatic rings. The molecular weight excluding hydrogens is 370 g/mol. The number of carbonyl (C=O) groups excluding carboxylic acids is 4. The average Bonchev–Trinajstić information content (AvgIpc) is 2.57. The van der Waals surface area contributed by atoms with Gasteiger partial charge in [-0.15, -0.1) is 0 Å². The number of nitrogens with one attached hydrogen (secondary N) is 1. The molecule has 28 heavy (non-hydrogen) atoms. The summed E-state index contributed by atoms with van der Waals surface area (Å²) in [6, 6.07) is 3.92. The van der Waals surface area contributed by atoms with Gasteiger partial charge in [-0.05, 0) is 39.8 Å². The van der Waals surface area contributed by atoms with E-state index in [1.807, 2.05) is 0 Å². The second kappa shape index (κ2) is 8.28. The third kappa shape index (κ3) is 5.21. The SMILES string of the molecule is COC(=O)[C@H]1C(=O)Oc2cc(OCC(C)NC(=O)OC(C)(C)C)ccc2C1=O. The summed E-state index contributed by atoms with van der Waals surface area (Å²) >= 11 is 0. The zero-order chi connectivity index (χ0) is 21.1. The molecule has 0 saturated carbocycles. The first-order valence-electron chi connectivity index (χ1n) is 8.62. The third-order valence-corrected chi connectivity index (χ3v) is 3.63. The van der Waals surface area contributed by atoms with E-state index in [1.165, 1.54) is 18.2 Å². The van der Waals surface area contributed by atoms with Crippen LogP contribution in [0, 0.1) is 5.92 Å². The van der Waals surface area contributed by atoms with Gasteiger partial charge in [0.05, 0.1) is 18.7 Å². The molecule has 0 aliphatic carbocycles. The van der Waals surface area contributed by atoms with Crippen molar-refractivity contribution in [3.63, 3.8) is 0 Å². The number of benzene rings is 1. The van der Waals surface area contributed by atoms with Gasteiger partial charge in [0, 0.05) is 6.07 Å². The summed E-state index contributed by atoms with van der Waals surface area (Å²) in [5, 5.41) is 2.63. The lowest BCUT2D eigenvalue weighted by Gasteiger charge is -2.23. The summed E-state index contributed by atoms with van der Waals surface area (Å²) in [5.74, 6) is -3.95. The van der Waals surface area contributed by atoms with E-state index in [1.54, 1.807) is 27.7 Å². The first-order chi connectivity index (χ1) is 13.0. The lowest BCUT2D eigenvalue weighted by Crippen LogP contribution is -2.40. The maximum absolute atomic E-state index is 12.3. The number of esters is 2. The van der Waals surface area contributed by atoms with Gasteiger partial charge in [0.25, 0.3) is 0 Å². The molecule has 1 aliphatic heterocycles. The highest BCUT2D eigenvalue weighted by atomic mass is 16.6. The van der Waals surface area contributed by atoms with Crippen molar-refractivity contribution in [2.75, 3.05) is 13.7 Å². The molecule has 152 valence electrons. The topological polar surface area (TPSA) is 117 Å². The van der Waals surface area contributed by atoms with Crippen molar-refractivity contribution in [2.45, 2.75) is 39.3 Å². The summed E-state index contributed by atoms with van der Waals surface area (Å²) < 4.78 is 20.3. The second-order valence-corrected chi connectivity index (χ2v) is 7.26. The molecule has 1 aromatic rings. The standard InChI is InChI=1S/C19H23NO8/c1-10(20-18(24)28-19(2,3)4)9-26-11-6-7-12-13(8-11)27-17(23)14(15(12)21)16(22)25-5/h6-8,10,14H,9H2,1-5H3,(H,20,24)/t10?,14-/m0/s1. The van der Waals surface area contributed by atoms with Crippen LogP contribution in [0.5, 0.6) is 11.5 Å². The molecule has 0 spiro atoms. The maximum atomic E-state index is 12.3. The molecular formula is C19H23NO8. The molecule has 0 radical (unpaired) electrons. The minimum atomic E-state index is -1.62. The van der Waals surface area contributed by atoms with Crippen molar-refractivity contribution < 1.29 is 38.1 Å². The molecule has 1 heterocycles. The Morgan fingerprint density at radius 3 is 2.54 bits per heavy atom. The molecule has 0 aromatic heterocycles. The second-order valence-electron chi connectivity index (χ2n) is 7.26. The number of Topliss-reactive ketones (excluding diaryl/α,β-unsaturated/α-hetero) is 1. The van der Waals surface area contributed by atoms with Gasteiger partial charge < -0.3 is 24.3 Å². The van der Waals surface area contributed by atoms with E-state index in [4.69, 9.17) is 14.2 Å². The van der Waals surface area contributed by atoms with Crippen LogP contribution < -0.4 is 14.8 Å². The van der Waals surface area contributed by atoms with E-state index in [0.717, 1.165) is 7.11 Å². The number of methoxy groups -OCH3 is 1. The monoisotopic (exact) mass is 393 g/mol. The van der Waals surface area contributed by atoms with Gasteiger partial charge in [0.15, 0.2) is 5.78 Å². The number of amides is 1. The molecule has 9 heteroatoms. The minimum absolute atomic E-state index is 0.000377. The quantitative estimate of drug-likeness (QED) is 0.458. The molecule has 0 fully saturated rings. The number of carbonyl (C=O) groups is 4. The van der Waals surface area contributed by atoms with Crippen molar-refractivity contribution in [2.24, 2.45) is 5.92 Å². The van der Waals surface area contributed by atoms with Crippen molar-refractivity contribution in [1.29, 1.82) is 0 Å². The highest BCUT2D eigenvalue weighted by Crippen LogP contribution is 2.32. The van der Waals surface area contributed by atoms with E-state index in [-0.39, 0.29) is 24.0 Å². The molecule has 1 amide bonds. The third-order valence-electron chi connectivity index (χ3n) is 3.63. The van der Waals surface area contributed by atoms with Crippen molar-refractivity contribution in [1.82, 2.24) is 5.32 Å². The van der Waals surface area contributed by atoms with Gasteiger partial charge in [-0.2, -0.15) is 0 Å². The van der Waals surface area contributed by atoms with Crippen LogP contribution in [-0.4, -0.2) is 49.2 Å². The van der Waals surface area contributed by atoms with E-state index in [2.05, 4.69) is 10.1 Å². The molecule has 2 rings (SSSR count). The van der Waals surface area contributed by atoms with Crippen LogP contribution in [0.1, 0.15) is 38.1 Å². The Morgan fingerprint density at radius 2 is 1.93 bits per heavy atom. The van der Waals surface area contributed by atoms with Crippen LogP contribution in [0.3, 0.4) is 0 Å². The van der Waals surface area contributed by atoms with E-state index in [0.29, 0.717) is 5.75 Å². The van der Waals surface area contributed by atoms with Crippen molar-refractivity contribution >= 4 is 23.8 Å². The summed E-state index contributed by atoms with van der Waals surface area (Å²) in [6.45, 7) is 7.12. The Hall–Kier alpha value is -3.10. The van der Waals surface area contributed by atoms with E-state index < -0.39 is 35.3 Å². The lowest BCUT2D eigenvalue weighted by atomic mass is 9.94. The predicted octanol–water partition coefficient (Wildman–Crippen LogP) is 1.87. The molecule has 9 nitrogen and oxygen atoms in total. The molecule has 0 bridgehead atoms. The molecule has 1 unspecified atom stereocenters. The average molecular weight is 393 g/mol. The Morgan fingerprint density at radius 1 is 1.25 bits per heavy atom. The van der Waals surface area contributed by atoms with Gasteiger partial charge >= 0.3 is 18.0 Å². The van der Waals surface area contributed by atoms with Crippen LogP contribution >= 0.6 is 0 Å². The Labute approximate surface area is 162 Å². The number of ketones is 1. The smallest absolute Gasteiger partial charge is 0.407 e. The number of alkyl carbamates (subject to hydrolysis) is 1. The van der Waals surface area contributed by atoms with Crippen LogP contribution in [0.15, 0.2) is 18.2 Å². The summed E-state index contributed by atoms with van der Waals surface area (Å²) in [4.78, 5) is 47.6. The van der Waals surface area contributed by atoms with Crippen molar-refractivity contribution in [3.8, 4) is 11.5 Å². The Kier molecular flexibility index (Phi) is 6.27. The van der Waals surface area contributed by atoms with Crippen LogP contribution in [0.4, 0.5) is 4.79 Å². The Bertz CT molecular complexity index is 796. The number of hydrogen-bond donors (Lipinski definition) is 1. The van der Waals surface area contributed by atoms with Gasteiger partial charge in [0.1, 0.15) is 23.7 Å². The summed E-state index contributed by atoms with van der Waals surface area (Å²) in [5.41, 5.74) is -0.524. The number of hydrogen-bond acceptors (Lipinski definition) is 8. The van der Waals surface area contributed by atoms with Crippen LogP contribution in [-0.2, 0) is 19.1 Å². The van der Waals surface area contributed by atoms with E-state index >= 15 is 0 Å². The number of fused-ring (bicyclic) bond motifs is 1. The lowest BCUT2D eigenvalue weighted by molar-refractivity contribution is -0.153. The highest BCUT2D eigenvalue weighted by Gasteiger charge is 2.42. The minimum Gasteiger partial charge on any atom is -0.491 e. The number of rotatable bonds is 5. The maximum Gasteiger partial charge on any atom is 0.407 e. The predicted molar refractivity (Wildman–Crippen MR) is 96.2 cm³/mol. The summed E-state index contributed by atoms with van der Waals surface area (Å²) in [6.07, 6.45) is -0.567. The normalized spacial score (nSPS) is 17.1. The van der Waals surface area contributed by atoms with Gasteiger partial charge in [-0.25, -0.2) is 4.79 Å². The molecule has 1 aromatic carbocycles. The fourth-order valence-corrected chi connectivity index (χ4v) is 2.40. The fourth-order valence-electron chi connectivity index (χ4n) is 2.40. The number of ether oxygens (including phenoxy) is 4. The molecule has 0 saturated heterocycles. The van der Waals surface area contributed by atoms with E-state index in [9.17, 15) is 19.2 Å².